The number of ether oxygens (including phenoxy) is 2. The molecule has 0 aromatic heterocycles. The van der Waals surface area contributed by atoms with E-state index in [9.17, 15) is 4.79 Å². The molecule has 20 heavy (non-hydrogen) atoms. The molecule has 0 fully saturated rings. The molecule has 0 aliphatic carbocycles. The number of halogens is 1. The van der Waals surface area contributed by atoms with E-state index < -0.39 is 4.75 Å². The third kappa shape index (κ3) is 4.42. The zero-order valence-electron chi connectivity index (χ0n) is 12.6. The van der Waals surface area contributed by atoms with Gasteiger partial charge in [-0.25, -0.2) is 0 Å². The smallest absolute Gasteiger partial charge is 0.321 e. The molecule has 112 valence electrons. The van der Waals surface area contributed by atoms with Crippen molar-refractivity contribution < 1.29 is 14.3 Å². The molecule has 0 aliphatic heterocycles. The van der Waals surface area contributed by atoms with Crippen molar-refractivity contribution in [1.82, 2.24) is 0 Å². The molecule has 0 N–H and O–H groups in total. The third-order valence-electron chi connectivity index (χ3n) is 2.85. The van der Waals surface area contributed by atoms with Crippen molar-refractivity contribution in [1.29, 1.82) is 0 Å². The summed E-state index contributed by atoms with van der Waals surface area (Å²) in [7, 11) is 1.42. The van der Waals surface area contributed by atoms with Gasteiger partial charge in [0.05, 0.1) is 13.7 Å². The molecular weight excluding hydrogens is 340 g/mol. The van der Waals surface area contributed by atoms with Gasteiger partial charge in [0, 0.05) is 10.2 Å². The van der Waals surface area contributed by atoms with Crippen molar-refractivity contribution in [2.75, 3.05) is 19.0 Å². The first-order valence-electron chi connectivity index (χ1n) is 6.39. The minimum Gasteiger partial charge on any atom is -0.492 e. The van der Waals surface area contributed by atoms with Crippen molar-refractivity contribution >= 4 is 33.7 Å². The van der Waals surface area contributed by atoms with Crippen molar-refractivity contribution in [2.24, 2.45) is 0 Å². The first-order chi connectivity index (χ1) is 9.31. The molecule has 0 saturated carbocycles. The summed E-state index contributed by atoms with van der Waals surface area (Å²) < 4.78 is 9.91. The van der Waals surface area contributed by atoms with E-state index in [1.54, 1.807) is 0 Å². The number of alkyl halides is 1. The second-order valence-electron chi connectivity index (χ2n) is 5.02. The van der Waals surface area contributed by atoms with E-state index in [0.717, 1.165) is 27.1 Å². The minimum atomic E-state index is -0.607. The van der Waals surface area contributed by atoms with E-state index in [-0.39, 0.29) is 5.97 Å². The number of rotatable bonds is 6. The molecule has 0 amide bonds. The van der Waals surface area contributed by atoms with Crippen molar-refractivity contribution in [3.63, 3.8) is 0 Å². The first-order valence-corrected chi connectivity index (χ1v) is 8.33. The summed E-state index contributed by atoms with van der Waals surface area (Å²) in [6.07, 6.45) is 0. The van der Waals surface area contributed by atoms with Crippen LogP contribution in [0.2, 0.25) is 0 Å². The van der Waals surface area contributed by atoms with Gasteiger partial charge in [0.25, 0.3) is 0 Å². The van der Waals surface area contributed by atoms with E-state index in [4.69, 9.17) is 9.47 Å². The highest BCUT2D eigenvalue weighted by molar-refractivity contribution is 9.09. The molecule has 0 spiro atoms. The maximum absolute atomic E-state index is 11.8. The molecule has 0 heterocycles. The van der Waals surface area contributed by atoms with Crippen LogP contribution in [0.4, 0.5) is 0 Å². The van der Waals surface area contributed by atoms with Crippen LogP contribution in [0.3, 0.4) is 0 Å². The van der Waals surface area contributed by atoms with E-state index in [1.807, 2.05) is 33.8 Å². The Balaban J connectivity index is 2.98. The second-order valence-corrected chi connectivity index (χ2v) is 7.48. The van der Waals surface area contributed by atoms with Gasteiger partial charge in [-0.3, -0.25) is 4.79 Å². The van der Waals surface area contributed by atoms with Crippen LogP contribution in [-0.2, 0) is 9.53 Å². The summed E-state index contributed by atoms with van der Waals surface area (Å²) >= 11 is 4.86. The van der Waals surface area contributed by atoms with Gasteiger partial charge in [0.1, 0.15) is 10.5 Å². The van der Waals surface area contributed by atoms with E-state index >= 15 is 0 Å². The predicted octanol–water partition coefficient (Wildman–Crippen LogP) is 4.12. The molecule has 3 nitrogen and oxygen atoms in total. The number of methoxy groups -OCH3 is 1. The zero-order chi connectivity index (χ0) is 15.3. The number of esters is 1. The van der Waals surface area contributed by atoms with Crippen molar-refractivity contribution in [3.8, 4) is 5.75 Å². The summed E-state index contributed by atoms with van der Waals surface area (Å²) in [6.45, 7) is 8.41. The maximum Gasteiger partial charge on any atom is 0.321 e. The lowest BCUT2D eigenvalue weighted by Gasteiger charge is -2.22. The van der Waals surface area contributed by atoms with Gasteiger partial charge in [-0.2, -0.15) is 0 Å². The molecule has 0 bridgehead atoms. The van der Waals surface area contributed by atoms with Crippen LogP contribution < -0.4 is 4.74 Å². The lowest BCUT2D eigenvalue weighted by atomic mass is 10.1. The Kier molecular flexibility index (Phi) is 6.40. The topological polar surface area (TPSA) is 35.5 Å². The highest BCUT2D eigenvalue weighted by Crippen LogP contribution is 2.37. The van der Waals surface area contributed by atoms with Crippen LogP contribution in [0, 0.1) is 13.8 Å². The Morgan fingerprint density at radius 2 is 1.95 bits per heavy atom. The van der Waals surface area contributed by atoms with Crippen LogP contribution in [-0.4, -0.2) is 29.8 Å². The molecule has 5 heteroatoms. The zero-order valence-corrected chi connectivity index (χ0v) is 15.0. The fraction of sp³-hybridized carbons (Fsp3) is 0.533. The van der Waals surface area contributed by atoms with Crippen LogP contribution in [0.5, 0.6) is 5.75 Å². The third-order valence-corrected chi connectivity index (χ3v) is 4.51. The van der Waals surface area contributed by atoms with Gasteiger partial charge in [-0.15, -0.1) is 11.8 Å². The average Bonchev–Trinajstić information content (AvgIpc) is 2.39. The highest BCUT2D eigenvalue weighted by Gasteiger charge is 2.30. The SMILES string of the molecule is COC(=O)C(C)(C)Sc1cc(C)c(OCCBr)cc1C. The molecule has 0 atom stereocenters. The molecule has 1 rings (SSSR count). The Labute approximate surface area is 133 Å². The number of carbonyl (C=O) groups is 1. The van der Waals surface area contributed by atoms with Gasteiger partial charge in [-0.1, -0.05) is 15.9 Å². The first kappa shape index (κ1) is 17.4. The van der Waals surface area contributed by atoms with Gasteiger partial charge in [0.2, 0.25) is 0 Å². The second kappa shape index (κ2) is 7.36. The Hall–Kier alpha value is -0.680. The average molecular weight is 361 g/mol. The van der Waals surface area contributed by atoms with Gasteiger partial charge >= 0.3 is 5.97 Å². The standard InChI is InChI=1S/C15H21BrO3S/c1-10-9-13(20-15(3,4)14(17)18-5)11(2)8-12(10)19-7-6-16/h8-9H,6-7H2,1-5H3. The molecule has 0 unspecified atom stereocenters. The van der Waals surface area contributed by atoms with Crippen LogP contribution in [0.1, 0.15) is 25.0 Å². The number of hydrogen-bond acceptors (Lipinski definition) is 4. The summed E-state index contributed by atoms with van der Waals surface area (Å²) in [5.41, 5.74) is 2.17. The fourth-order valence-electron chi connectivity index (χ4n) is 1.74. The Bertz CT molecular complexity index is 486. The summed E-state index contributed by atoms with van der Waals surface area (Å²) in [5.74, 6) is 0.668. The van der Waals surface area contributed by atoms with Crippen LogP contribution in [0.25, 0.3) is 0 Å². The fourth-order valence-corrected chi connectivity index (χ4v) is 3.07. The van der Waals surface area contributed by atoms with Crippen LogP contribution >= 0.6 is 27.7 Å². The monoisotopic (exact) mass is 360 g/mol. The number of benzene rings is 1. The summed E-state index contributed by atoms with van der Waals surface area (Å²) in [6, 6.07) is 4.09. The van der Waals surface area contributed by atoms with E-state index in [1.165, 1.54) is 18.9 Å². The molecular formula is C15H21BrO3S. The lowest BCUT2D eigenvalue weighted by Crippen LogP contribution is -2.29. The largest absolute Gasteiger partial charge is 0.492 e. The molecule has 0 aliphatic rings. The number of carbonyl (C=O) groups excluding carboxylic acids is 1. The highest BCUT2D eigenvalue weighted by atomic mass is 79.9. The van der Waals surface area contributed by atoms with E-state index in [0.29, 0.717) is 6.61 Å². The number of hydrogen-bond donors (Lipinski definition) is 0. The number of thioether (sulfide) groups is 1. The summed E-state index contributed by atoms with van der Waals surface area (Å²) in [5, 5.41) is 0.803. The quantitative estimate of drug-likeness (QED) is 0.434. The molecule has 0 radical (unpaired) electrons. The molecule has 1 aromatic carbocycles. The Morgan fingerprint density at radius 3 is 2.50 bits per heavy atom. The lowest BCUT2D eigenvalue weighted by molar-refractivity contribution is -0.142. The van der Waals surface area contributed by atoms with Crippen molar-refractivity contribution in [2.45, 2.75) is 37.3 Å². The maximum atomic E-state index is 11.8. The van der Waals surface area contributed by atoms with E-state index in [2.05, 4.69) is 22.0 Å². The molecule has 1 aromatic rings. The van der Waals surface area contributed by atoms with Crippen molar-refractivity contribution in [3.05, 3.63) is 23.3 Å². The Morgan fingerprint density at radius 1 is 1.30 bits per heavy atom. The predicted molar refractivity (Wildman–Crippen MR) is 87.2 cm³/mol. The van der Waals surface area contributed by atoms with Gasteiger partial charge < -0.3 is 9.47 Å². The van der Waals surface area contributed by atoms with Gasteiger partial charge in [-0.05, 0) is 51.0 Å². The molecule has 0 saturated heterocycles. The normalized spacial score (nSPS) is 11.3. The number of aryl methyl sites for hydroxylation is 2. The summed E-state index contributed by atoms with van der Waals surface area (Å²) in [4.78, 5) is 12.8. The van der Waals surface area contributed by atoms with Crippen LogP contribution in [0.15, 0.2) is 17.0 Å². The minimum absolute atomic E-state index is 0.223. The van der Waals surface area contributed by atoms with Gasteiger partial charge in [0.15, 0.2) is 0 Å².